The number of nitrogens with zero attached hydrogens (tertiary/aromatic N) is 2. The van der Waals surface area contributed by atoms with Crippen LogP contribution in [0.4, 0.5) is 5.69 Å². The molecule has 0 N–H and O–H groups in total. The zero-order valence-electron chi connectivity index (χ0n) is 14.3. The Hall–Kier alpha value is -2.36. The third-order valence-electron chi connectivity index (χ3n) is 4.00. The lowest BCUT2D eigenvalue weighted by atomic mass is 10.2. The molecule has 0 aliphatic rings. The molecule has 0 saturated carbocycles. The first-order valence-electron chi connectivity index (χ1n) is 7.97. The molecule has 0 fully saturated rings. The molecule has 0 aliphatic heterocycles. The Bertz CT molecular complexity index is 697. The maximum atomic E-state index is 11.8. The zero-order chi connectivity index (χ0) is 16.8. The van der Waals surface area contributed by atoms with Crippen molar-refractivity contribution in [1.82, 2.24) is 4.57 Å². The van der Waals surface area contributed by atoms with Gasteiger partial charge < -0.3 is 9.30 Å². The summed E-state index contributed by atoms with van der Waals surface area (Å²) >= 11 is 0. The van der Waals surface area contributed by atoms with Crippen LogP contribution in [0.5, 0.6) is 0 Å². The number of esters is 1. The Labute approximate surface area is 137 Å². The molecule has 0 saturated heterocycles. The largest absolute Gasteiger partial charge is 0.462 e. The van der Waals surface area contributed by atoms with Gasteiger partial charge in [0.15, 0.2) is 0 Å². The molecule has 0 amide bonds. The second-order valence-corrected chi connectivity index (χ2v) is 5.68. The van der Waals surface area contributed by atoms with Gasteiger partial charge in [-0.3, -0.25) is 4.99 Å². The highest BCUT2D eigenvalue weighted by Crippen LogP contribution is 2.16. The van der Waals surface area contributed by atoms with E-state index in [1.54, 1.807) is 12.1 Å². The number of benzene rings is 1. The maximum absolute atomic E-state index is 11.8. The molecule has 0 atom stereocenters. The molecule has 23 heavy (non-hydrogen) atoms. The van der Waals surface area contributed by atoms with E-state index in [9.17, 15) is 4.79 Å². The average molecular weight is 312 g/mol. The molecule has 0 bridgehead atoms. The summed E-state index contributed by atoms with van der Waals surface area (Å²) in [5, 5.41) is 0. The predicted octanol–water partition coefficient (Wildman–Crippen LogP) is 4.35. The van der Waals surface area contributed by atoms with Gasteiger partial charge in [0, 0.05) is 30.2 Å². The number of hydrogen-bond donors (Lipinski definition) is 0. The van der Waals surface area contributed by atoms with Crippen molar-refractivity contribution in [2.45, 2.75) is 33.6 Å². The Morgan fingerprint density at radius 2 is 1.96 bits per heavy atom. The summed E-state index contributed by atoms with van der Waals surface area (Å²) in [6.45, 7) is 6.69. The lowest BCUT2D eigenvalue weighted by Crippen LogP contribution is -2.05. The minimum absolute atomic E-state index is 0.275. The highest BCUT2D eigenvalue weighted by atomic mass is 16.5. The molecular formula is C19H24N2O2. The van der Waals surface area contributed by atoms with Crippen LogP contribution in [0.15, 0.2) is 35.3 Å². The number of hydrogen-bond acceptors (Lipinski definition) is 3. The summed E-state index contributed by atoms with van der Waals surface area (Å²) in [6, 6.07) is 9.28. The van der Waals surface area contributed by atoms with Gasteiger partial charge in [-0.1, -0.05) is 13.3 Å². The van der Waals surface area contributed by atoms with Crippen LogP contribution in [0.1, 0.15) is 47.1 Å². The quantitative estimate of drug-likeness (QED) is 0.452. The van der Waals surface area contributed by atoms with E-state index in [1.165, 1.54) is 11.4 Å². The van der Waals surface area contributed by atoms with E-state index in [1.807, 2.05) is 25.4 Å². The molecule has 4 heteroatoms. The van der Waals surface area contributed by atoms with Crippen LogP contribution >= 0.6 is 0 Å². The number of ether oxygens (including phenoxy) is 1. The highest BCUT2D eigenvalue weighted by Gasteiger charge is 2.06. The molecule has 1 aromatic carbocycles. The van der Waals surface area contributed by atoms with Crippen LogP contribution in [0.3, 0.4) is 0 Å². The first-order chi connectivity index (χ1) is 11.0. The number of carbonyl (C=O) groups excluding carboxylic acids is 1. The van der Waals surface area contributed by atoms with Gasteiger partial charge in [-0.05, 0) is 50.6 Å². The molecule has 0 radical (unpaired) electrons. The third kappa shape index (κ3) is 4.31. The first-order valence-corrected chi connectivity index (χ1v) is 7.97. The molecule has 1 heterocycles. The first kappa shape index (κ1) is 17.0. The fourth-order valence-electron chi connectivity index (χ4n) is 2.24. The molecule has 2 rings (SSSR count). The van der Waals surface area contributed by atoms with Gasteiger partial charge in [-0.2, -0.15) is 0 Å². The number of rotatable bonds is 6. The van der Waals surface area contributed by atoms with Gasteiger partial charge in [0.25, 0.3) is 0 Å². The second-order valence-electron chi connectivity index (χ2n) is 5.68. The van der Waals surface area contributed by atoms with E-state index in [0.29, 0.717) is 12.2 Å². The molecular weight excluding hydrogens is 288 g/mol. The monoisotopic (exact) mass is 312 g/mol. The Morgan fingerprint density at radius 3 is 2.52 bits per heavy atom. The number of aliphatic imine (C=N–C) groups is 1. The summed E-state index contributed by atoms with van der Waals surface area (Å²) in [5.41, 5.74) is 4.87. The minimum atomic E-state index is -0.275. The van der Waals surface area contributed by atoms with E-state index in [2.05, 4.69) is 36.4 Å². The van der Waals surface area contributed by atoms with Crippen LogP contribution in [0.25, 0.3) is 0 Å². The van der Waals surface area contributed by atoms with Crippen LogP contribution in [0, 0.1) is 13.8 Å². The van der Waals surface area contributed by atoms with Gasteiger partial charge in [0.1, 0.15) is 0 Å². The van der Waals surface area contributed by atoms with Gasteiger partial charge in [-0.25, -0.2) is 4.79 Å². The minimum Gasteiger partial charge on any atom is -0.462 e. The van der Waals surface area contributed by atoms with Crippen molar-refractivity contribution in [3.05, 3.63) is 52.8 Å². The summed E-state index contributed by atoms with van der Waals surface area (Å²) in [5.74, 6) is -0.275. The van der Waals surface area contributed by atoms with Crippen LogP contribution in [0.2, 0.25) is 0 Å². The van der Waals surface area contributed by atoms with Crippen molar-refractivity contribution in [3.8, 4) is 0 Å². The SMILES string of the molecule is CCCCOC(=O)c1ccc(N=Cc2cc(C)n(C)c2C)cc1. The Kier molecular flexibility index (Phi) is 5.74. The second kappa shape index (κ2) is 7.77. The van der Waals surface area contributed by atoms with E-state index in [0.717, 1.165) is 24.1 Å². The van der Waals surface area contributed by atoms with E-state index >= 15 is 0 Å². The topological polar surface area (TPSA) is 43.6 Å². The molecule has 1 aromatic heterocycles. The zero-order valence-corrected chi connectivity index (χ0v) is 14.3. The van der Waals surface area contributed by atoms with Crippen molar-refractivity contribution >= 4 is 17.9 Å². The van der Waals surface area contributed by atoms with Crippen molar-refractivity contribution in [3.63, 3.8) is 0 Å². The smallest absolute Gasteiger partial charge is 0.338 e. The standard InChI is InChI=1S/C19H24N2O2/c1-5-6-11-23-19(22)16-7-9-18(10-8-16)20-13-17-12-14(2)21(4)15(17)3/h7-10,12-13H,5-6,11H2,1-4H3. The third-order valence-corrected chi connectivity index (χ3v) is 4.00. The van der Waals surface area contributed by atoms with Gasteiger partial charge in [-0.15, -0.1) is 0 Å². The number of carbonyl (C=O) groups is 1. The van der Waals surface area contributed by atoms with E-state index in [-0.39, 0.29) is 5.97 Å². The van der Waals surface area contributed by atoms with E-state index < -0.39 is 0 Å². The number of unbranched alkanes of at least 4 members (excludes halogenated alkanes) is 1. The van der Waals surface area contributed by atoms with Crippen molar-refractivity contribution in [1.29, 1.82) is 0 Å². The fourth-order valence-corrected chi connectivity index (χ4v) is 2.24. The predicted molar refractivity (Wildman–Crippen MR) is 93.8 cm³/mol. The lowest BCUT2D eigenvalue weighted by Gasteiger charge is -2.03. The molecule has 122 valence electrons. The van der Waals surface area contributed by atoms with E-state index in [4.69, 9.17) is 4.74 Å². The van der Waals surface area contributed by atoms with Gasteiger partial charge in [0.05, 0.1) is 17.9 Å². The molecule has 0 spiro atoms. The van der Waals surface area contributed by atoms with Crippen LogP contribution in [-0.2, 0) is 11.8 Å². The van der Waals surface area contributed by atoms with Crippen LogP contribution < -0.4 is 0 Å². The summed E-state index contributed by atoms with van der Waals surface area (Å²) < 4.78 is 7.32. The van der Waals surface area contributed by atoms with Crippen LogP contribution in [-0.4, -0.2) is 23.4 Å². The van der Waals surface area contributed by atoms with Crippen molar-refractivity contribution in [2.24, 2.45) is 12.0 Å². The number of aromatic nitrogens is 1. The fraction of sp³-hybridized carbons (Fsp3) is 0.368. The normalized spacial score (nSPS) is 11.1. The van der Waals surface area contributed by atoms with Crippen molar-refractivity contribution in [2.75, 3.05) is 6.61 Å². The summed E-state index contributed by atoms with van der Waals surface area (Å²) in [7, 11) is 2.04. The Balaban J connectivity index is 2.03. The van der Waals surface area contributed by atoms with Gasteiger partial charge >= 0.3 is 5.97 Å². The summed E-state index contributed by atoms with van der Waals surface area (Å²) in [6.07, 6.45) is 3.76. The number of aryl methyl sites for hydroxylation is 1. The highest BCUT2D eigenvalue weighted by molar-refractivity contribution is 5.90. The Morgan fingerprint density at radius 1 is 1.26 bits per heavy atom. The maximum Gasteiger partial charge on any atom is 0.338 e. The molecule has 0 unspecified atom stereocenters. The van der Waals surface area contributed by atoms with Crippen molar-refractivity contribution < 1.29 is 9.53 Å². The molecule has 2 aromatic rings. The average Bonchev–Trinajstić information content (AvgIpc) is 2.80. The van der Waals surface area contributed by atoms with Gasteiger partial charge in [0.2, 0.25) is 0 Å². The molecule has 0 aliphatic carbocycles. The lowest BCUT2D eigenvalue weighted by molar-refractivity contribution is 0.0500. The molecule has 4 nitrogen and oxygen atoms in total. The summed E-state index contributed by atoms with van der Waals surface area (Å²) in [4.78, 5) is 16.3.